The Hall–Kier alpha value is -1.35. The molecule has 1 aromatic carbocycles. The first kappa shape index (κ1) is 8.26. The fourth-order valence-electron chi connectivity index (χ4n) is 1.16. The lowest BCUT2D eigenvalue weighted by Gasteiger charge is -1.88. The van der Waals surface area contributed by atoms with Crippen molar-refractivity contribution in [2.75, 3.05) is 0 Å². The molecule has 0 aliphatic rings. The summed E-state index contributed by atoms with van der Waals surface area (Å²) >= 11 is 5.70. The minimum Gasteiger partial charge on any atom is -0.452 e. The van der Waals surface area contributed by atoms with Crippen LogP contribution in [-0.4, -0.2) is 6.29 Å². The lowest BCUT2D eigenvalue weighted by atomic mass is 10.2. The number of furan rings is 1. The lowest BCUT2D eigenvalue weighted by Crippen LogP contribution is -1.75. The van der Waals surface area contributed by atoms with Crippen molar-refractivity contribution in [1.82, 2.24) is 0 Å². The molecular formula is C9H4ClFO2. The minimum atomic E-state index is -0.487. The van der Waals surface area contributed by atoms with Crippen LogP contribution in [0.5, 0.6) is 0 Å². The summed E-state index contributed by atoms with van der Waals surface area (Å²) in [4.78, 5) is 10.4. The summed E-state index contributed by atoms with van der Waals surface area (Å²) in [5, 5.41) is 0.189. The van der Waals surface area contributed by atoms with E-state index >= 15 is 0 Å². The van der Waals surface area contributed by atoms with Gasteiger partial charge in [-0.05, 0) is 12.1 Å². The van der Waals surface area contributed by atoms with Gasteiger partial charge in [0, 0.05) is 0 Å². The quantitative estimate of drug-likeness (QED) is 0.660. The average Bonchev–Trinajstić information content (AvgIpc) is 2.44. The van der Waals surface area contributed by atoms with E-state index in [-0.39, 0.29) is 21.8 Å². The molecule has 2 aromatic rings. The van der Waals surface area contributed by atoms with Crippen molar-refractivity contribution < 1.29 is 13.6 Å². The van der Waals surface area contributed by atoms with Gasteiger partial charge in [-0.2, -0.15) is 0 Å². The zero-order valence-corrected chi connectivity index (χ0v) is 7.14. The van der Waals surface area contributed by atoms with Crippen LogP contribution >= 0.6 is 11.6 Å². The molecule has 0 atom stereocenters. The molecule has 2 rings (SSSR count). The van der Waals surface area contributed by atoms with E-state index in [9.17, 15) is 9.18 Å². The summed E-state index contributed by atoms with van der Waals surface area (Å²) in [6, 6.07) is 4.31. The molecule has 66 valence electrons. The maximum absolute atomic E-state index is 13.1. The first-order chi connectivity index (χ1) is 6.24. The standard InChI is InChI=1S/C9H4ClFO2/c10-9-7(4-12)13-6-3-1-2-5(11)8(6)9/h1-4H. The van der Waals surface area contributed by atoms with Crippen LogP contribution in [-0.2, 0) is 0 Å². The van der Waals surface area contributed by atoms with Crippen LogP contribution in [0.4, 0.5) is 4.39 Å². The van der Waals surface area contributed by atoms with Crippen LogP contribution in [0.3, 0.4) is 0 Å². The van der Waals surface area contributed by atoms with Crippen LogP contribution in [0.25, 0.3) is 11.0 Å². The maximum Gasteiger partial charge on any atom is 0.186 e. The van der Waals surface area contributed by atoms with Crippen molar-refractivity contribution in [3.8, 4) is 0 Å². The Morgan fingerprint density at radius 3 is 2.85 bits per heavy atom. The molecular weight excluding hydrogens is 195 g/mol. The summed E-state index contributed by atoms with van der Waals surface area (Å²) in [6.07, 6.45) is 0.460. The minimum absolute atomic E-state index is 0.0306. The van der Waals surface area contributed by atoms with Gasteiger partial charge >= 0.3 is 0 Å². The van der Waals surface area contributed by atoms with E-state index in [1.54, 1.807) is 6.07 Å². The van der Waals surface area contributed by atoms with E-state index in [1.807, 2.05) is 0 Å². The second-order valence-corrected chi connectivity index (χ2v) is 2.89. The van der Waals surface area contributed by atoms with E-state index in [1.165, 1.54) is 12.1 Å². The van der Waals surface area contributed by atoms with Gasteiger partial charge in [-0.3, -0.25) is 4.79 Å². The number of carbonyl (C=O) groups is 1. The second-order valence-electron chi connectivity index (χ2n) is 2.51. The third-order valence-corrected chi connectivity index (χ3v) is 2.11. The Morgan fingerprint density at radius 1 is 1.46 bits per heavy atom. The van der Waals surface area contributed by atoms with Crippen molar-refractivity contribution in [2.24, 2.45) is 0 Å². The molecule has 0 saturated heterocycles. The Bertz CT molecular complexity index is 476. The first-order valence-electron chi connectivity index (χ1n) is 3.55. The predicted octanol–water partition coefficient (Wildman–Crippen LogP) is 3.04. The predicted molar refractivity (Wildman–Crippen MR) is 46.6 cm³/mol. The number of aldehydes is 1. The molecule has 1 aromatic heterocycles. The van der Waals surface area contributed by atoms with Gasteiger partial charge in [0.2, 0.25) is 0 Å². The molecule has 0 aliphatic heterocycles. The van der Waals surface area contributed by atoms with Crippen LogP contribution in [0.15, 0.2) is 22.6 Å². The van der Waals surface area contributed by atoms with Crippen LogP contribution in [0.2, 0.25) is 5.02 Å². The van der Waals surface area contributed by atoms with Crippen molar-refractivity contribution in [1.29, 1.82) is 0 Å². The van der Waals surface area contributed by atoms with Crippen molar-refractivity contribution in [3.63, 3.8) is 0 Å². The van der Waals surface area contributed by atoms with Crippen LogP contribution < -0.4 is 0 Å². The highest BCUT2D eigenvalue weighted by Gasteiger charge is 2.14. The Morgan fingerprint density at radius 2 is 2.23 bits per heavy atom. The van der Waals surface area contributed by atoms with E-state index < -0.39 is 5.82 Å². The molecule has 0 spiro atoms. The zero-order chi connectivity index (χ0) is 9.42. The van der Waals surface area contributed by atoms with Gasteiger partial charge in [0.1, 0.15) is 16.4 Å². The first-order valence-corrected chi connectivity index (χ1v) is 3.93. The number of benzene rings is 1. The lowest BCUT2D eigenvalue weighted by molar-refractivity contribution is 0.110. The summed E-state index contributed by atoms with van der Waals surface area (Å²) in [5.41, 5.74) is 0.284. The summed E-state index contributed by atoms with van der Waals surface area (Å²) in [5.74, 6) is -0.527. The Labute approximate surface area is 77.9 Å². The molecule has 2 nitrogen and oxygen atoms in total. The van der Waals surface area contributed by atoms with E-state index in [4.69, 9.17) is 16.0 Å². The molecule has 0 fully saturated rings. The fraction of sp³-hybridized carbons (Fsp3) is 0. The number of halogens is 2. The van der Waals surface area contributed by atoms with Gasteiger partial charge in [-0.25, -0.2) is 4.39 Å². The van der Waals surface area contributed by atoms with Crippen molar-refractivity contribution >= 4 is 28.9 Å². The third-order valence-electron chi connectivity index (χ3n) is 1.74. The molecule has 0 radical (unpaired) electrons. The molecule has 0 bridgehead atoms. The third kappa shape index (κ3) is 1.12. The Balaban J connectivity index is 2.92. The molecule has 13 heavy (non-hydrogen) atoms. The van der Waals surface area contributed by atoms with Gasteiger partial charge in [0.25, 0.3) is 0 Å². The number of fused-ring (bicyclic) bond motifs is 1. The van der Waals surface area contributed by atoms with Crippen LogP contribution in [0.1, 0.15) is 10.6 Å². The van der Waals surface area contributed by atoms with E-state index in [0.29, 0.717) is 6.29 Å². The fourth-order valence-corrected chi connectivity index (χ4v) is 1.43. The summed E-state index contributed by atoms with van der Waals surface area (Å²) < 4.78 is 18.1. The monoisotopic (exact) mass is 198 g/mol. The number of hydrogen-bond acceptors (Lipinski definition) is 2. The van der Waals surface area contributed by atoms with Gasteiger partial charge < -0.3 is 4.42 Å². The molecule has 1 heterocycles. The SMILES string of the molecule is O=Cc1oc2cccc(F)c2c1Cl. The molecule has 0 aliphatic carbocycles. The van der Waals surface area contributed by atoms with Crippen LogP contribution in [0, 0.1) is 5.82 Å². The van der Waals surface area contributed by atoms with E-state index in [0.717, 1.165) is 0 Å². The summed E-state index contributed by atoms with van der Waals surface area (Å²) in [7, 11) is 0. The van der Waals surface area contributed by atoms with Gasteiger partial charge in [0.05, 0.1) is 5.39 Å². The number of carbonyl (C=O) groups excluding carboxylic acids is 1. The number of rotatable bonds is 1. The van der Waals surface area contributed by atoms with Crippen molar-refractivity contribution in [3.05, 3.63) is 34.8 Å². The molecule has 4 heteroatoms. The molecule has 0 N–H and O–H groups in total. The highest BCUT2D eigenvalue weighted by molar-refractivity contribution is 6.37. The average molecular weight is 199 g/mol. The topological polar surface area (TPSA) is 30.2 Å². The number of hydrogen-bond donors (Lipinski definition) is 0. The Kier molecular flexibility index (Phi) is 1.81. The summed E-state index contributed by atoms with van der Waals surface area (Å²) in [6.45, 7) is 0. The largest absolute Gasteiger partial charge is 0.452 e. The van der Waals surface area contributed by atoms with Gasteiger partial charge in [0.15, 0.2) is 12.0 Å². The van der Waals surface area contributed by atoms with Gasteiger partial charge in [-0.15, -0.1) is 0 Å². The molecule has 0 unspecified atom stereocenters. The highest BCUT2D eigenvalue weighted by atomic mass is 35.5. The zero-order valence-electron chi connectivity index (χ0n) is 6.38. The smallest absolute Gasteiger partial charge is 0.186 e. The van der Waals surface area contributed by atoms with E-state index in [2.05, 4.69) is 0 Å². The molecule has 0 amide bonds. The van der Waals surface area contributed by atoms with Crippen molar-refractivity contribution in [2.45, 2.75) is 0 Å². The maximum atomic E-state index is 13.1. The van der Waals surface area contributed by atoms with Gasteiger partial charge in [-0.1, -0.05) is 17.7 Å². The molecule has 0 saturated carbocycles. The second kappa shape index (κ2) is 2.85. The normalized spacial score (nSPS) is 10.6. The highest BCUT2D eigenvalue weighted by Crippen LogP contribution is 2.31.